The zero-order valence-electron chi connectivity index (χ0n) is 26.8. The lowest BCUT2D eigenvalue weighted by molar-refractivity contribution is 0.00578. The second kappa shape index (κ2) is 13.2. The number of rotatable bonds is 11. The average molecular weight is 610 g/mol. The van der Waals surface area contributed by atoms with Crippen LogP contribution in [0.2, 0.25) is 0 Å². The van der Waals surface area contributed by atoms with Crippen molar-refractivity contribution >= 4 is 30.0 Å². The van der Waals surface area contributed by atoms with Crippen LogP contribution in [0, 0.1) is 12.7 Å². The van der Waals surface area contributed by atoms with Gasteiger partial charge in [0, 0.05) is 24.3 Å². The molecule has 1 amide bonds. The topological polar surface area (TPSA) is 112 Å². The normalized spacial score (nSPS) is 15.7. The molecule has 1 saturated heterocycles. The zero-order valence-corrected chi connectivity index (χ0v) is 26.8. The predicted octanol–water partition coefficient (Wildman–Crippen LogP) is 5.13. The Labute approximate surface area is 258 Å². The van der Waals surface area contributed by atoms with Crippen molar-refractivity contribution in [3.63, 3.8) is 0 Å². The van der Waals surface area contributed by atoms with Crippen molar-refractivity contribution in [1.82, 2.24) is 14.9 Å². The molecule has 0 unspecified atom stereocenters. The molecule has 0 radical (unpaired) electrons. The number of aromatic nitrogens is 2. The highest BCUT2D eigenvalue weighted by Gasteiger charge is 2.52. The van der Waals surface area contributed by atoms with Crippen molar-refractivity contribution < 1.29 is 27.6 Å². The van der Waals surface area contributed by atoms with Gasteiger partial charge in [-0.05, 0) is 82.4 Å². The Bertz CT molecular complexity index is 1500. The molecule has 236 valence electrons. The number of likely N-dealkylation sites (N-methyl/N-ethyl adjacent to an activating group) is 1. The molecule has 2 aromatic carbocycles. The van der Waals surface area contributed by atoms with Gasteiger partial charge in [0.25, 0.3) is 5.91 Å². The second-order valence-corrected chi connectivity index (χ2v) is 12.5. The molecule has 3 N–H and O–H groups in total. The monoisotopic (exact) mass is 609 g/mol. The number of benzene rings is 2. The molecule has 0 saturated carbocycles. The molecule has 4 rings (SSSR count). The first-order valence-corrected chi connectivity index (χ1v) is 14.7. The first kappa shape index (κ1) is 33.3. The van der Waals surface area contributed by atoms with Crippen molar-refractivity contribution in [3.8, 4) is 17.0 Å². The first-order chi connectivity index (χ1) is 20.6. The van der Waals surface area contributed by atoms with E-state index < -0.39 is 36.7 Å². The molecule has 0 atom stereocenters. The molecule has 2 heterocycles. The van der Waals surface area contributed by atoms with Crippen molar-refractivity contribution in [2.75, 3.05) is 44.5 Å². The summed E-state index contributed by atoms with van der Waals surface area (Å²) in [7, 11) is 1.02. The fraction of sp³-hybridized carbons (Fsp3) is 0.469. The Kier molecular flexibility index (Phi) is 9.97. The van der Waals surface area contributed by atoms with Crippen LogP contribution in [0.1, 0.15) is 68.9 Å². The zero-order chi connectivity index (χ0) is 32.4. The average Bonchev–Trinajstić information content (AvgIpc) is 3.17. The molecule has 12 heteroatoms. The fourth-order valence-corrected chi connectivity index (χ4v) is 4.77. The number of nitrogens with two attached hydrogens (primary N) is 1. The van der Waals surface area contributed by atoms with Crippen LogP contribution in [0.25, 0.3) is 11.3 Å². The van der Waals surface area contributed by atoms with Crippen LogP contribution in [0.15, 0.2) is 36.7 Å². The summed E-state index contributed by atoms with van der Waals surface area (Å²) in [6.45, 7) is 14.0. The Morgan fingerprint density at radius 3 is 2.41 bits per heavy atom. The van der Waals surface area contributed by atoms with Crippen LogP contribution < -0.4 is 21.3 Å². The van der Waals surface area contributed by atoms with E-state index in [0.717, 1.165) is 5.56 Å². The maximum Gasteiger partial charge on any atom is 0.494 e. The van der Waals surface area contributed by atoms with Gasteiger partial charge >= 0.3 is 7.12 Å². The summed E-state index contributed by atoms with van der Waals surface area (Å²) in [4.78, 5) is 23.8. The van der Waals surface area contributed by atoms with Gasteiger partial charge in [0.05, 0.1) is 16.8 Å². The van der Waals surface area contributed by atoms with Gasteiger partial charge in [0.1, 0.15) is 31.1 Å². The van der Waals surface area contributed by atoms with Gasteiger partial charge in [-0.1, -0.05) is 26.0 Å². The molecule has 3 aromatic rings. The number of hydrogen-bond donors (Lipinski definition) is 2. The van der Waals surface area contributed by atoms with Gasteiger partial charge in [0.2, 0.25) is 0 Å². The molecular weight excluding hydrogens is 567 g/mol. The molecule has 1 aliphatic heterocycles. The molecule has 0 bridgehead atoms. The predicted molar refractivity (Wildman–Crippen MR) is 170 cm³/mol. The summed E-state index contributed by atoms with van der Waals surface area (Å²) in [6, 6.07) is 8.24. The van der Waals surface area contributed by atoms with Crippen molar-refractivity contribution in [2.45, 2.75) is 65.6 Å². The maximum absolute atomic E-state index is 15.1. The maximum atomic E-state index is 15.1. The summed E-state index contributed by atoms with van der Waals surface area (Å²) in [5.41, 5.74) is 8.37. The van der Waals surface area contributed by atoms with Gasteiger partial charge < -0.3 is 30.0 Å². The summed E-state index contributed by atoms with van der Waals surface area (Å²) in [5, 5.41) is 2.89. The number of carbonyl (C=O) groups is 1. The second-order valence-electron chi connectivity index (χ2n) is 12.5. The van der Waals surface area contributed by atoms with E-state index in [1.807, 2.05) is 54.5 Å². The first-order valence-electron chi connectivity index (χ1n) is 14.7. The van der Waals surface area contributed by atoms with E-state index >= 15 is 4.39 Å². The Morgan fingerprint density at radius 2 is 1.80 bits per heavy atom. The number of halogens is 2. The summed E-state index contributed by atoms with van der Waals surface area (Å²) >= 11 is 0. The number of ether oxygens (including phenoxy) is 1. The van der Waals surface area contributed by atoms with Gasteiger partial charge in [-0.2, -0.15) is 0 Å². The van der Waals surface area contributed by atoms with E-state index in [1.165, 1.54) is 18.5 Å². The smallest absolute Gasteiger partial charge is 0.486 e. The van der Waals surface area contributed by atoms with Crippen LogP contribution in [-0.4, -0.2) is 72.5 Å². The van der Waals surface area contributed by atoms with Crippen molar-refractivity contribution in [1.29, 1.82) is 0 Å². The number of nitrogen functional groups attached to an aromatic ring is 1. The molecule has 9 nitrogen and oxygen atoms in total. The van der Waals surface area contributed by atoms with Crippen LogP contribution in [-0.2, 0) is 9.31 Å². The third-order valence-electron chi connectivity index (χ3n) is 8.38. The SMILES string of the molecule is Cc1c(NC(=O)c2ccc(C(C)C)cc2F)cc(B2OC(C)(C)C(C)(C)O2)cc1-c1ncnc(N)c1OCCN(C)CCF. The number of nitrogens with zero attached hydrogens (tertiary/aromatic N) is 3. The number of nitrogens with one attached hydrogen (secondary N) is 1. The van der Waals surface area contributed by atoms with Gasteiger partial charge in [-0.3, -0.25) is 4.79 Å². The van der Waals surface area contributed by atoms with Crippen molar-refractivity contribution in [3.05, 3.63) is 59.2 Å². The number of hydrogen-bond acceptors (Lipinski definition) is 8. The highest BCUT2D eigenvalue weighted by molar-refractivity contribution is 6.62. The van der Waals surface area contributed by atoms with E-state index in [2.05, 4.69) is 15.3 Å². The van der Waals surface area contributed by atoms with E-state index in [9.17, 15) is 9.18 Å². The van der Waals surface area contributed by atoms with E-state index in [-0.39, 0.29) is 36.2 Å². The largest absolute Gasteiger partial charge is 0.494 e. The lowest BCUT2D eigenvalue weighted by Crippen LogP contribution is -2.41. The molecule has 1 fully saturated rings. The Morgan fingerprint density at radius 1 is 1.11 bits per heavy atom. The third kappa shape index (κ3) is 7.03. The van der Waals surface area contributed by atoms with E-state index in [1.54, 1.807) is 24.1 Å². The van der Waals surface area contributed by atoms with Gasteiger partial charge in [-0.25, -0.2) is 18.7 Å². The van der Waals surface area contributed by atoms with Crippen LogP contribution in [0.5, 0.6) is 5.75 Å². The van der Waals surface area contributed by atoms with Crippen LogP contribution in [0.4, 0.5) is 20.3 Å². The minimum atomic E-state index is -0.769. The highest BCUT2D eigenvalue weighted by Crippen LogP contribution is 2.39. The fourth-order valence-electron chi connectivity index (χ4n) is 4.77. The highest BCUT2D eigenvalue weighted by atomic mass is 19.1. The lowest BCUT2D eigenvalue weighted by atomic mass is 9.77. The van der Waals surface area contributed by atoms with Gasteiger partial charge in [-0.15, -0.1) is 0 Å². The van der Waals surface area contributed by atoms with E-state index in [0.29, 0.717) is 34.5 Å². The van der Waals surface area contributed by atoms with E-state index in [4.69, 9.17) is 19.8 Å². The van der Waals surface area contributed by atoms with Crippen molar-refractivity contribution in [2.24, 2.45) is 0 Å². The molecule has 0 spiro atoms. The summed E-state index contributed by atoms with van der Waals surface area (Å²) < 4.78 is 46.5. The number of alkyl halides is 1. The van der Waals surface area contributed by atoms with Crippen LogP contribution >= 0.6 is 0 Å². The molecule has 0 aliphatic carbocycles. The molecular formula is C32H42BF2N5O4. The minimum Gasteiger partial charge on any atom is -0.486 e. The summed E-state index contributed by atoms with van der Waals surface area (Å²) in [5.74, 6) is -0.716. The third-order valence-corrected chi connectivity index (χ3v) is 8.38. The number of carbonyl (C=O) groups excluding carboxylic acids is 1. The molecule has 44 heavy (non-hydrogen) atoms. The Hall–Kier alpha value is -3.61. The number of anilines is 2. The standard InChI is InChI=1S/C32H42BF2N5O4/c1-19(2)21-9-10-23(25(35)15-21)30(41)39-26-17-22(33-43-31(4,5)32(6,7)44-33)16-24(20(26)3)27-28(29(36)38-18-37-27)42-14-13-40(8)12-11-34/h9-10,15-19H,11-14H2,1-8H3,(H,39,41)(H2,36,37,38). The molecule has 1 aromatic heterocycles. The Balaban J connectivity index is 1.78. The number of amides is 1. The van der Waals surface area contributed by atoms with Crippen LogP contribution in [0.3, 0.4) is 0 Å². The summed E-state index contributed by atoms with van der Waals surface area (Å²) in [6.07, 6.45) is 1.33. The molecule has 1 aliphatic rings. The lowest BCUT2D eigenvalue weighted by Gasteiger charge is -2.32. The minimum absolute atomic E-state index is 0.0795. The van der Waals surface area contributed by atoms with Gasteiger partial charge in [0.15, 0.2) is 11.6 Å². The quantitative estimate of drug-likeness (QED) is 0.288.